The van der Waals surface area contributed by atoms with Gasteiger partial charge in [-0.15, -0.1) is 11.6 Å². The number of halogens is 1. The maximum absolute atomic E-state index is 5.86. The summed E-state index contributed by atoms with van der Waals surface area (Å²) in [7, 11) is 0. The van der Waals surface area contributed by atoms with Gasteiger partial charge in [0, 0.05) is 12.5 Å². The fraction of sp³-hybridized carbons (Fsp3) is 0.429. The smallest absolute Gasteiger partial charge is 0.224 e. The average Bonchev–Trinajstić information content (AvgIpc) is 2.97. The van der Waals surface area contributed by atoms with E-state index in [-0.39, 0.29) is 5.88 Å². The fourth-order valence-electron chi connectivity index (χ4n) is 2.17. The fourth-order valence-corrected chi connectivity index (χ4v) is 2.29. The molecule has 0 aliphatic carbocycles. The van der Waals surface area contributed by atoms with Gasteiger partial charge in [-0.05, 0) is 18.6 Å². The predicted octanol–water partition coefficient (Wildman–Crippen LogP) is 2.78. The summed E-state index contributed by atoms with van der Waals surface area (Å²) in [5.41, 5.74) is 0.867. The van der Waals surface area contributed by atoms with Gasteiger partial charge in [0.2, 0.25) is 5.88 Å². The van der Waals surface area contributed by atoms with E-state index in [1.54, 1.807) is 0 Å². The Labute approximate surface area is 116 Å². The van der Waals surface area contributed by atoms with Crippen LogP contribution in [0.15, 0.2) is 24.3 Å². The maximum atomic E-state index is 5.86. The van der Waals surface area contributed by atoms with Crippen LogP contribution in [0.5, 0.6) is 5.88 Å². The molecule has 0 N–H and O–H groups in total. The van der Waals surface area contributed by atoms with Gasteiger partial charge in [-0.3, -0.25) is 0 Å². The second-order valence-electron chi connectivity index (χ2n) is 4.64. The van der Waals surface area contributed by atoms with Crippen molar-refractivity contribution in [2.45, 2.75) is 12.3 Å². The van der Waals surface area contributed by atoms with Crippen molar-refractivity contribution in [3.05, 3.63) is 30.1 Å². The van der Waals surface area contributed by atoms with E-state index in [0.29, 0.717) is 24.2 Å². The molecule has 1 aliphatic heterocycles. The van der Waals surface area contributed by atoms with Crippen molar-refractivity contribution in [2.24, 2.45) is 5.92 Å². The first-order chi connectivity index (χ1) is 9.36. The molecule has 1 aromatic heterocycles. The lowest BCUT2D eigenvalue weighted by Gasteiger charge is -2.12. The number of fused-ring (bicyclic) bond motifs is 1. The van der Waals surface area contributed by atoms with E-state index in [0.717, 1.165) is 30.5 Å². The topological polar surface area (TPSA) is 44.2 Å². The van der Waals surface area contributed by atoms with Crippen molar-refractivity contribution < 1.29 is 9.47 Å². The number of ether oxygens (including phenoxy) is 2. The van der Waals surface area contributed by atoms with Gasteiger partial charge in [0.25, 0.3) is 0 Å². The number of hydrogen-bond acceptors (Lipinski definition) is 4. The Morgan fingerprint density at radius 3 is 3.00 bits per heavy atom. The van der Waals surface area contributed by atoms with Crippen molar-refractivity contribution in [1.29, 1.82) is 0 Å². The molecule has 1 unspecified atom stereocenters. The molecule has 0 amide bonds. The first-order valence-electron chi connectivity index (χ1n) is 6.39. The van der Waals surface area contributed by atoms with Crippen LogP contribution in [-0.2, 0) is 10.6 Å². The van der Waals surface area contributed by atoms with E-state index in [4.69, 9.17) is 21.1 Å². The Morgan fingerprint density at radius 2 is 2.21 bits per heavy atom. The summed E-state index contributed by atoms with van der Waals surface area (Å²) in [6, 6.07) is 7.81. The molecular weight excluding hydrogens is 264 g/mol. The predicted molar refractivity (Wildman–Crippen MR) is 73.5 cm³/mol. The summed E-state index contributed by atoms with van der Waals surface area (Å²) in [5.74, 6) is 1.95. The van der Waals surface area contributed by atoms with Crippen LogP contribution in [0.25, 0.3) is 10.9 Å². The standard InChI is InChI=1S/C14H15ClN2O2/c15-7-13-16-12-4-2-1-3-11(12)14(17-13)19-9-10-5-6-18-8-10/h1-4,10H,5-9H2. The first-order valence-corrected chi connectivity index (χ1v) is 6.92. The maximum Gasteiger partial charge on any atom is 0.224 e. The van der Waals surface area contributed by atoms with E-state index in [9.17, 15) is 0 Å². The zero-order chi connectivity index (χ0) is 13.1. The molecule has 0 spiro atoms. The Bertz CT molecular complexity index is 570. The van der Waals surface area contributed by atoms with Gasteiger partial charge >= 0.3 is 0 Å². The van der Waals surface area contributed by atoms with Crippen LogP contribution in [-0.4, -0.2) is 29.8 Å². The number of nitrogens with zero attached hydrogens (tertiary/aromatic N) is 2. The van der Waals surface area contributed by atoms with E-state index in [1.165, 1.54) is 0 Å². The molecule has 2 aromatic rings. The van der Waals surface area contributed by atoms with Crippen LogP contribution >= 0.6 is 11.6 Å². The number of benzene rings is 1. The van der Waals surface area contributed by atoms with Gasteiger partial charge in [0.05, 0.1) is 30.0 Å². The number of aromatic nitrogens is 2. The molecule has 19 heavy (non-hydrogen) atoms. The molecule has 0 radical (unpaired) electrons. The van der Waals surface area contributed by atoms with Gasteiger partial charge < -0.3 is 9.47 Å². The van der Waals surface area contributed by atoms with E-state index in [2.05, 4.69) is 9.97 Å². The number of para-hydroxylation sites is 1. The molecule has 1 atom stereocenters. The second kappa shape index (κ2) is 5.72. The zero-order valence-corrected chi connectivity index (χ0v) is 11.3. The lowest BCUT2D eigenvalue weighted by atomic mass is 10.1. The van der Waals surface area contributed by atoms with Gasteiger partial charge in [-0.25, -0.2) is 4.98 Å². The SMILES string of the molecule is ClCc1nc(OCC2CCOC2)c2ccccc2n1. The number of rotatable bonds is 4. The van der Waals surface area contributed by atoms with Gasteiger partial charge in [-0.2, -0.15) is 4.98 Å². The molecule has 5 heteroatoms. The summed E-state index contributed by atoms with van der Waals surface area (Å²) in [5, 5.41) is 0.926. The lowest BCUT2D eigenvalue weighted by Crippen LogP contribution is -2.13. The summed E-state index contributed by atoms with van der Waals surface area (Å²) < 4.78 is 11.2. The Kier molecular flexibility index (Phi) is 3.80. The minimum absolute atomic E-state index is 0.285. The molecule has 3 rings (SSSR count). The van der Waals surface area contributed by atoms with Crippen molar-refractivity contribution in [1.82, 2.24) is 9.97 Å². The van der Waals surface area contributed by atoms with Gasteiger partial charge in [-0.1, -0.05) is 12.1 Å². The van der Waals surface area contributed by atoms with Gasteiger partial charge in [0.15, 0.2) is 0 Å². The van der Waals surface area contributed by atoms with Gasteiger partial charge in [0.1, 0.15) is 5.82 Å². The van der Waals surface area contributed by atoms with Crippen LogP contribution in [0.3, 0.4) is 0 Å². The molecule has 100 valence electrons. The van der Waals surface area contributed by atoms with E-state index < -0.39 is 0 Å². The average molecular weight is 279 g/mol. The highest BCUT2D eigenvalue weighted by atomic mass is 35.5. The van der Waals surface area contributed by atoms with Crippen LogP contribution in [0, 0.1) is 5.92 Å². The Morgan fingerprint density at radius 1 is 1.32 bits per heavy atom. The minimum atomic E-state index is 0.285. The molecule has 1 saturated heterocycles. The Balaban J connectivity index is 1.87. The molecule has 1 aromatic carbocycles. The zero-order valence-electron chi connectivity index (χ0n) is 10.5. The quantitative estimate of drug-likeness (QED) is 0.807. The van der Waals surface area contributed by atoms with Crippen LogP contribution in [0.4, 0.5) is 0 Å². The summed E-state index contributed by atoms with van der Waals surface area (Å²) in [6.45, 7) is 2.22. The second-order valence-corrected chi connectivity index (χ2v) is 4.90. The monoisotopic (exact) mass is 278 g/mol. The highest BCUT2D eigenvalue weighted by Crippen LogP contribution is 2.24. The molecule has 1 fully saturated rings. The van der Waals surface area contributed by atoms with Crippen LogP contribution in [0.1, 0.15) is 12.2 Å². The summed E-state index contributed by atoms with van der Waals surface area (Å²) in [6.07, 6.45) is 1.05. The third-order valence-corrected chi connectivity index (χ3v) is 3.45. The number of hydrogen-bond donors (Lipinski definition) is 0. The van der Waals surface area contributed by atoms with Crippen molar-refractivity contribution >= 4 is 22.5 Å². The largest absolute Gasteiger partial charge is 0.477 e. The van der Waals surface area contributed by atoms with E-state index >= 15 is 0 Å². The molecule has 4 nitrogen and oxygen atoms in total. The van der Waals surface area contributed by atoms with Crippen molar-refractivity contribution in [3.8, 4) is 5.88 Å². The normalized spacial score (nSPS) is 18.9. The van der Waals surface area contributed by atoms with E-state index in [1.807, 2.05) is 24.3 Å². The van der Waals surface area contributed by atoms with Crippen LogP contribution in [0.2, 0.25) is 0 Å². The summed E-state index contributed by atoms with van der Waals surface area (Å²) >= 11 is 5.83. The van der Waals surface area contributed by atoms with Crippen molar-refractivity contribution in [2.75, 3.05) is 19.8 Å². The minimum Gasteiger partial charge on any atom is -0.477 e. The molecule has 1 aliphatic rings. The summed E-state index contributed by atoms with van der Waals surface area (Å²) in [4.78, 5) is 8.76. The third-order valence-electron chi connectivity index (χ3n) is 3.21. The Hall–Kier alpha value is -1.39. The molecule has 0 bridgehead atoms. The molecule has 2 heterocycles. The first kappa shape index (κ1) is 12.6. The molecule has 0 saturated carbocycles. The van der Waals surface area contributed by atoms with Crippen molar-refractivity contribution in [3.63, 3.8) is 0 Å². The lowest BCUT2D eigenvalue weighted by molar-refractivity contribution is 0.166. The third kappa shape index (κ3) is 2.80. The number of alkyl halides is 1. The van der Waals surface area contributed by atoms with Crippen LogP contribution < -0.4 is 4.74 Å². The highest BCUT2D eigenvalue weighted by Gasteiger charge is 2.17. The molecular formula is C14H15ClN2O2. The highest BCUT2D eigenvalue weighted by molar-refractivity contribution is 6.16.